The van der Waals surface area contributed by atoms with Gasteiger partial charge < -0.3 is 11.2 Å². The van der Waals surface area contributed by atoms with Gasteiger partial charge in [-0.2, -0.15) is 0 Å². The fraction of sp³-hybridized carbons (Fsp3) is 0.0625. The van der Waals surface area contributed by atoms with Crippen LogP contribution in [-0.2, 0) is 4.79 Å². The molecule has 6 nitrogen and oxygen atoms in total. The van der Waals surface area contributed by atoms with Crippen molar-refractivity contribution in [2.24, 2.45) is 0 Å². The molecule has 0 spiro atoms. The highest BCUT2D eigenvalue weighted by molar-refractivity contribution is 9.10. The lowest BCUT2D eigenvalue weighted by atomic mass is 10.2. The van der Waals surface area contributed by atoms with E-state index in [-0.39, 0.29) is 11.7 Å². The first-order valence-electron chi connectivity index (χ1n) is 7.17. The van der Waals surface area contributed by atoms with E-state index < -0.39 is 0 Å². The maximum absolute atomic E-state index is 12.0. The molecule has 1 aromatic heterocycles. The summed E-state index contributed by atoms with van der Waals surface area (Å²) in [5, 5.41) is 11.9. The zero-order valence-electron chi connectivity index (χ0n) is 12.8. The Hall–Kier alpha value is -2.03. The van der Waals surface area contributed by atoms with Crippen molar-refractivity contribution >= 4 is 50.9 Å². The smallest absolute Gasteiger partial charge is 0.234 e. The fourth-order valence-electron chi connectivity index (χ4n) is 2.06. The van der Waals surface area contributed by atoms with Gasteiger partial charge in [0.2, 0.25) is 11.1 Å². The first-order chi connectivity index (χ1) is 12.0. The lowest BCUT2D eigenvalue weighted by molar-refractivity contribution is -0.113. The number of carbonyl (C=O) groups excluding carboxylic acids is 1. The average Bonchev–Trinajstić information content (AvgIpc) is 2.96. The van der Waals surface area contributed by atoms with E-state index in [0.29, 0.717) is 16.0 Å². The summed E-state index contributed by atoms with van der Waals surface area (Å²) < 4.78 is 2.30. The Balaban J connectivity index is 1.64. The van der Waals surface area contributed by atoms with Crippen LogP contribution in [0.25, 0.3) is 11.4 Å². The molecule has 0 saturated carbocycles. The lowest BCUT2D eigenvalue weighted by Crippen LogP contribution is -2.16. The average molecular weight is 439 g/mol. The second-order valence-electron chi connectivity index (χ2n) is 5.03. The molecule has 3 rings (SSSR count). The molecular formula is C16H13BrClN5OS. The standard InChI is InChI=1S/C16H13BrClN5OS/c17-11-4-6-13(7-5-11)20-14(24)9-25-16-22-21-15(23(16)19)10-2-1-3-12(18)8-10/h1-8H,9,19H2,(H,20,24). The molecule has 3 aromatic rings. The van der Waals surface area contributed by atoms with E-state index in [2.05, 4.69) is 31.4 Å². The van der Waals surface area contributed by atoms with Crippen LogP contribution in [-0.4, -0.2) is 26.5 Å². The minimum absolute atomic E-state index is 0.153. The molecule has 0 atom stereocenters. The van der Waals surface area contributed by atoms with E-state index in [1.165, 1.54) is 16.4 Å². The van der Waals surface area contributed by atoms with Crippen molar-refractivity contribution in [1.29, 1.82) is 0 Å². The summed E-state index contributed by atoms with van der Waals surface area (Å²) in [6, 6.07) is 14.5. The van der Waals surface area contributed by atoms with Crippen LogP contribution in [0.2, 0.25) is 5.02 Å². The first-order valence-corrected chi connectivity index (χ1v) is 9.33. The van der Waals surface area contributed by atoms with Gasteiger partial charge in [0.05, 0.1) is 5.75 Å². The molecule has 0 bridgehead atoms. The third-order valence-corrected chi connectivity index (χ3v) is 4.91. The van der Waals surface area contributed by atoms with Crippen LogP contribution in [0.1, 0.15) is 0 Å². The number of hydrogen-bond donors (Lipinski definition) is 2. The number of nitrogens with one attached hydrogen (secondary N) is 1. The maximum atomic E-state index is 12.0. The first kappa shape index (κ1) is 17.8. The van der Waals surface area contributed by atoms with E-state index >= 15 is 0 Å². The van der Waals surface area contributed by atoms with Crippen LogP contribution in [0.3, 0.4) is 0 Å². The molecule has 2 aromatic carbocycles. The Labute approximate surface area is 161 Å². The molecule has 0 aliphatic rings. The number of benzene rings is 2. The number of nitrogens with zero attached hydrogens (tertiary/aromatic N) is 3. The predicted octanol–water partition coefficient (Wildman–Crippen LogP) is 3.81. The number of hydrogen-bond acceptors (Lipinski definition) is 5. The number of anilines is 1. The quantitative estimate of drug-likeness (QED) is 0.467. The minimum atomic E-state index is -0.153. The van der Waals surface area contributed by atoms with Crippen LogP contribution >= 0.6 is 39.3 Å². The molecule has 9 heteroatoms. The summed E-state index contributed by atoms with van der Waals surface area (Å²) in [7, 11) is 0. The predicted molar refractivity (Wildman–Crippen MR) is 104 cm³/mol. The number of rotatable bonds is 5. The van der Waals surface area contributed by atoms with E-state index in [1.807, 2.05) is 36.4 Å². The van der Waals surface area contributed by atoms with Crippen LogP contribution < -0.4 is 11.2 Å². The Morgan fingerprint density at radius 3 is 2.72 bits per heavy atom. The largest absolute Gasteiger partial charge is 0.335 e. The SMILES string of the molecule is Nn1c(SCC(=O)Nc2ccc(Br)cc2)nnc1-c1cccc(Cl)c1. The molecule has 0 unspecified atom stereocenters. The van der Waals surface area contributed by atoms with E-state index in [4.69, 9.17) is 17.4 Å². The van der Waals surface area contributed by atoms with Gasteiger partial charge in [0.25, 0.3) is 0 Å². The van der Waals surface area contributed by atoms with Gasteiger partial charge in [-0.3, -0.25) is 4.79 Å². The van der Waals surface area contributed by atoms with Gasteiger partial charge in [-0.15, -0.1) is 10.2 Å². The highest BCUT2D eigenvalue weighted by atomic mass is 79.9. The number of carbonyl (C=O) groups is 1. The summed E-state index contributed by atoms with van der Waals surface area (Å²) in [5.74, 6) is 6.53. The molecule has 1 heterocycles. The molecule has 0 radical (unpaired) electrons. The van der Waals surface area contributed by atoms with Gasteiger partial charge in [0.15, 0.2) is 5.82 Å². The van der Waals surface area contributed by atoms with Crippen molar-refractivity contribution in [3.63, 3.8) is 0 Å². The molecule has 0 fully saturated rings. The van der Waals surface area contributed by atoms with Crippen LogP contribution in [0.4, 0.5) is 5.69 Å². The third-order valence-electron chi connectivity index (χ3n) is 3.21. The number of nitrogens with two attached hydrogens (primary N) is 1. The summed E-state index contributed by atoms with van der Waals surface area (Å²) in [5.41, 5.74) is 1.48. The monoisotopic (exact) mass is 437 g/mol. The molecule has 0 aliphatic carbocycles. The maximum Gasteiger partial charge on any atom is 0.234 e. The summed E-state index contributed by atoms with van der Waals surface area (Å²) in [6.07, 6.45) is 0. The van der Waals surface area contributed by atoms with Crippen LogP contribution in [0.15, 0.2) is 58.2 Å². The molecule has 3 N–H and O–H groups in total. The van der Waals surface area contributed by atoms with Crippen LogP contribution in [0.5, 0.6) is 0 Å². The highest BCUT2D eigenvalue weighted by Gasteiger charge is 2.14. The molecule has 1 amide bonds. The van der Waals surface area contributed by atoms with E-state index in [1.54, 1.807) is 12.1 Å². The Kier molecular flexibility index (Phi) is 5.62. The fourth-order valence-corrected chi connectivity index (χ4v) is 3.17. The topological polar surface area (TPSA) is 85.8 Å². The Bertz CT molecular complexity index is 900. The summed E-state index contributed by atoms with van der Waals surface area (Å²) in [6.45, 7) is 0. The van der Waals surface area contributed by atoms with Gasteiger partial charge in [0.1, 0.15) is 0 Å². The third kappa shape index (κ3) is 4.53. The van der Waals surface area contributed by atoms with Gasteiger partial charge in [-0.1, -0.05) is 51.4 Å². The second-order valence-corrected chi connectivity index (χ2v) is 7.32. The normalized spacial score (nSPS) is 10.6. The molecule has 128 valence electrons. The molecule has 0 aliphatic heterocycles. The van der Waals surface area contributed by atoms with Crippen molar-refractivity contribution in [2.45, 2.75) is 5.16 Å². The number of halogens is 2. The van der Waals surface area contributed by atoms with E-state index in [0.717, 1.165) is 15.7 Å². The molecule has 25 heavy (non-hydrogen) atoms. The van der Waals surface area contributed by atoms with Crippen molar-refractivity contribution in [3.8, 4) is 11.4 Å². The zero-order valence-corrected chi connectivity index (χ0v) is 16.0. The summed E-state index contributed by atoms with van der Waals surface area (Å²) in [4.78, 5) is 12.0. The number of nitrogen functional groups attached to an aromatic ring is 1. The second kappa shape index (κ2) is 7.90. The number of amides is 1. The highest BCUT2D eigenvalue weighted by Crippen LogP contribution is 2.24. The molecule has 0 saturated heterocycles. The van der Waals surface area contributed by atoms with Crippen LogP contribution in [0, 0.1) is 0 Å². The van der Waals surface area contributed by atoms with Crippen molar-refractivity contribution in [1.82, 2.24) is 14.9 Å². The van der Waals surface area contributed by atoms with E-state index in [9.17, 15) is 4.79 Å². The Morgan fingerprint density at radius 1 is 1.24 bits per heavy atom. The van der Waals surface area contributed by atoms with Crippen molar-refractivity contribution in [3.05, 3.63) is 58.0 Å². The number of aromatic nitrogens is 3. The number of thioether (sulfide) groups is 1. The lowest BCUT2D eigenvalue weighted by Gasteiger charge is -2.06. The van der Waals surface area contributed by atoms with Crippen molar-refractivity contribution < 1.29 is 4.79 Å². The van der Waals surface area contributed by atoms with Gasteiger partial charge >= 0.3 is 0 Å². The van der Waals surface area contributed by atoms with Crippen molar-refractivity contribution in [2.75, 3.05) is 16.9 Å². The Morgan fingerprint density at radius 2 is 2.00 bits per heavy atom. The summed E-state index contributed by atoms with van der Waals surface area (Å²) >= 11 is 10.5. The van der Waals surface area contributed by atoms with Gasteiger partial charge in [0, 0.05) is 20.7 Å². The molecular weight excluding hydrogens is 426 g/mol. The van der Waals surface area contributed by atoms with Gasteiger partial charge in [-0.05, 0) is 36.4 Å². The van der Waals surface area contributed by atoms with Gasteiger partial charge in [-0.25, -0.2) is 4.68 Å². The zero-order chi connectivity index (χ0) is 17.8. The minimum Gasteiger partial charge on any atom is -0.335 e.